The number of nitrogens with one attached hydrogen (secondary N) is 1. The van der Waals surface area contributed by atoms with Gasteiger partial charge < -0.3 is 15.3 Å². The van der Waals surface area contributed by atoms with Crippen LogP contribution >= 0.6 is 0 Å². The van der Waals surface area contributed by atoms with Crippen molar-refractivity contribution in [1.82, 2.24) is 5.32 Å². The minimum absolute atomic E-state index is 0.0810. The molecule has 0 aromatic heterocycles. The monoisotopic (exact) mass is 404 g/mol. The number of anilines is 1. The van der Waals surface area contributed by atoms with Crippen LogP contribution in [0.4, 0.5) is 10.1 Å². The van der Waals surface area contributed by atoms with E-state index in [2.05, 4.69) is 17.1 Å². The Labute approximate surface area is 174 Å². The normalized spacial score (nSPS) is 24.3. The van der Waals surface area contributed by atoms with Crippen LogP contribution in [-0.2, 0) is 4.79 Å². The SMILES string of the molecule is CCCCC1CCC(C(=O)N[C@@H](C)c2cc(F)ccc2N2CCC(O)CC2)CC1. The third-order valence-corrected chi connectivity index (χ3v) is 6.80. The Morgan fingerprint density at radius 3 is 2.55 bits per heavy atom. The number of carbonyl (C=O) groups is 1. The topological polar surface area (TPSA) is 52.6 Å². The molecule has 2 N–H and O–H groups in total. The van der Waals surface area contributed by atoms with Gasteiger partial charge in [-0.3, -0.25) is 4.79 Å². The molecule has 2 aliphatic rings. The van der Waals surface area contributed by atoms with E-state index >= 15 is 0 Å². The third-order valence-electron chi connectivity index (χ3n) is 6.80. The van der Waals surface area contributed by atoms with Gasteiger partial charge in [-0.25, -0.2) is 4.39 Å². The number of rotatable bonds is 7. The minimum atomic E-state index is -0.279. The third kappa shape index (κ3) is 5.94. The zero-order chi connectivity index (χ0) is 20.8. The quantitative estimate of drug-likeness (QED) is 0.675. The van der Waals surface area contributed by atoms with Crippen LogP contribution in [0.25, 0.3) is 0 Å². The van der Waals surface area contributed by atoms with E-state index in [1.165, 1.54) is 25.3 Å². The first-order valence-electron chi connectivity index (χ1n) is 11.5. The van der Waals surface area contributed by atoms with Crippen molar-refractivity contribution >= 4 is 11.6 Å². The Morgan fingerprint density at radius 1 is 1.21 bits per heavy atom. The van der Waals surface area contributed by atoms with Crippen molar-refractivity contribution in [2.45, 2.75) is 83.8 Å². The van der Waals surface area contributed by atoms with Crippen molar-refractivity contribution in [1.29, 1.82) is 0 Å². The molecule has 162 valence electrons. The molecule has 1 aromatic carbocycles. The summed E-state index contributed by atoms with van der Waals surface area (Å²) in [5.41, 5.74) is 1.79. The molecular formula is C24H37FN2O2. The molecular weight excluding hydrogens is 367 g/mol. The lowest BCUT2D eigenvalue weighted by Gasteiger charge is -2.34. The molecule has 29 heavy (non-hydrogen) atoms. The smallest absolute Gasteiger partial charge is 0.223 e. The van der Waals surface area contributed by atoms with E-state index < -0.39 is 0 Å². The molecule has 1 aliphatic carbocycles. The van der Waals surface area contributed by atoms with E-state index in [1.54, 1.807) is 6.07 Å². The lowest BCUT2D eigenvalue weighted by Crippen LogP contribution is -2.38. The number of hydrogen-bond donors (Lipinski definition) is 2. The summed E-state index contributed by atoms with van der Waals surface area (Å²) in [6.07, 6.45) is 9.23. The standard InChI is InChI=1S/C24H37FN2O2/c1-3-4-5-18-6-8-19(9-7-18)24(29)26-17(2)22-16-20(25)10-11-23(22)27-14-12-21(28)13-15-27/h10-11,16-19,21,28H,3-9,12-15H2,1-2H3,(H,26,29)/t17-,18?,19?/m0/s1. The van der Waals surface area contributed by atoms with Crippen LogP contribution in [0.1, 0.15) is 83.2 Å². The molecule has 1 saturated carbocycles. The second-order valence-electron chi connectivity index (χ2n) is 9.01. The van der Waals surface area contributed by atoms with E-state index in [9.17, 15) is 14.3 Å². The highest BCUT2D eigenvalue weighted by Crippen LogP contribution is 2.34. The predicted molar refractivity (Wildman–Crippen MR) is 115 cm³/mol. The molecule has 3 rings (SSSR count). The molecule has 5 heteroatoms. The van der Waals surface area contributed by atoms with Crippen molar-refractivity contribution < 1.29 is 14.3 Å². The Bertz CT molecular complexity index is 665. The summed E-state index contributed by atoms with van der Waals surface area (Å²) in [6.45, 7) is 5.68. The lowest BCUT2D eigenvalue weighted by molar-refractivity contribution is -0.126. The largest absolute Gasteiger partial charge is 0.393 e. The molecule has 4 nitrogen and oxygen atoms in total. The maximum atomic E-state index is 14.0. The van der Waals surface area contributed by atoms with Crippen molar-refractivity contribution in [3.63, 3.8) is 0 Å². The zero-order valence-corrected chi connectivity index (χ0v) is 18.0. The molecule has 1 saturated heterocycles. The number of benzene rings is 1. The first kappa shape index (κ1) is 22.1. The van der Waals surface area contributed by atoms with Crippen LogP contribution in [0.5, 0.6) is 0 Å². The van der Waals surface area contributed by atoms with Crippen molar-refractivity contribution in [3.8, 4) is 0 Å². The van der Waals surface area contributed by atoms with E-state index in [0.717, 1.165) is 68.8 Å². The molecule has 1 amide bonds. The number of carbonyl (C=O) groups excluding carboxylic acids is 1. The van der Waals surface area contributed by atoms with Crippen LogP contribution in [-0.4, -0.2) is 30.2 Å². The fraction of sp³-hybridized carbons (Fsp3) is 0.708. The van der Waals surface area contributed by atoms with Crippen LogP contribution in [0.3, 0.4) is 0 Å². The fourth-order valence-corrected chi connectivity index (χ4v) is 4.88. The maximum absolute atomic E-state index is 14.0. The average Bonchev–Trinajstić information content (AvgIpc) is 2.73. The van der Waals surface area contributed by atoms with Gasteiger partial charge in [-0.1, -0.05) is 26.2 Å². The number of piperidine rings is 1. The summed E-state index contributed by atoms with van der Waals surface area (Å²) in [5.74, 6) is 0.687. The molecule has 0 bridgehead atoms. The summed E-state index contributed by atoms with van der Waals surface area (Å²) in [5, 5.41) is 12.9. The Hall–Kier alpha value is -1.62. The highest BCUT2D eigenvalue weighted by Gasteiger charge is 2.28. The Balaban J connectivity index is 1.61. The zero-order valence-electron chi connectivity index (χ0n) is 18.0. The van der Waals surface area contributed by atoms with Crippen LogP contribution in [0, 0.1) is 17.7 Å². The van der Waals surface area contributed by atoms with Gasteiger partial charge in [0, 0.05) is 30.3 Å². The molecule has 1 heterocycles. The number of aliphatic hydroxyl groups is 1. The maximum Gasteiger partial charge on any atom is 0.223 e. The summed E-state index contributed by atoms with van der Waals surface area (Å²) in [7, 11) is 0. The molecule has 0 radical (unpaired) electrons. The fourth-order valence-electron chi connectivity index (χ4n) is 4.88. The second kappa shape index (κ2) is 10.4. The number of unbranched alkanes of at least 4 members (excludes halogenated alkanes) is 1. The van der Waals surface area contributed by atoms with Gasteiger partial charge >= 0.3 is 0 Å². The summed E-state index contributed by atoms with van der Waals surface area (Å²) in [6, 6.07) is 4.60. The van der Waals surface area contributed by atoms with Crippen molar-refractivity contribution in [2.24, 2.45) is 11.8 Å². The molecule has 1 aromatic rings. The molecule has 0 unspecified atom stereocenters. The van der Waals surface area contributed by atoms with E-state index in [-0.39, 0.29) is 29.8 Å². The first-order chi connectivity index (χ1) is 14.0. The molecule has 1 atom stereocenters. The van der Waals surface area contributed by atoms with Gasteiger partial charge in [-0.2, -0.15) is 0 Å². The average molecular weight is 405 g/mol. The van der Waals surface area contributed by atoms with Gasteiger partial charge in [-0.05, 0) is 69.6 Å². The predicted octanol–water partition coefficient (Wildman–Crippen LogP) is 4.96. The first-order valence-corrected chi connectivity index (χ1v) is 11.5. The highest BCUT2D eigenvalue weighted by atomic mass is 19.1. The Kier molecular flexibility index (Phi) is 7.93. The number of hydrogen-bond acceptors (Lipinski definition) is 3. The summed E-state index contributed by atoms with van der Waals surface area (Å²) in [4.78, 5) is 15.1. The van der Waals surface area contributed by atoms with Gasteiger partial charge in [-0.15, -0.1) is 0 Å². The minimum Gasteiger partial charge on any atom is -0.393 e. The summed E-state index contributed by atoms with van der Waals surface area (Å²) < 4.78 is 14.0. The van der Waals surface area contributed by atoms with Gasteiger partial charge in [0.25, 0.3) is 0 Å². The van der Waals surface area contributed by atoms with Crippen LogP contribution < -0.4 is 10.2 Å². The number of nitrogens with zero attached hydrogens (tertiary/aromatic N) is 1. The van der Waals surface area contributed by atoms with Gasteiger partial charge in [0.2, 0.25) is 5.91 Å². The van der Waals surface area contributed by atoms with Crippen molar-refractivity contribution in [2.75, 3.05) is 18.0 Å². The second-order valence-corrected chi connectivity index (χ2v) is 9.01. The summed E-state index contributed by atoms with van der Waals surface area (Å²) >= 11 is 0. The number of aliphatic hydroxyl groups excluding tert-OH is 1. The molecule has 1 aliphatic heterocycles. The van der Waals surface area contributed by atoms with Crippen LogP contribution in [0.15, 0.2) is 18.2 Å². The highest BCUT2D eigenvalue weighted by molar-refractivity contribution is 5.79. The van der Waals surface area contributed by atoms with Gasteiger partial charge in [0.05, 0.1) is 12.1 Å². The number of amides is 1. The van der Waals surface area contributed by atoms with Gasteiger partial charge in [0.15, 0.2) is 0 Å². The molecule has 2 fully saturated rings. The van der Waals surface area contributed by atoms with E-state index in [1.807, 2.05) is 13.0 Å². The van der Waals surface area contributed by atoms with Crippen molar-refractivity contribution in [3.05, 3.63) is 29.6 Å². The number of halogens is 1. The van der Waals surface area contributed by atoms with Crippen LogP contribution in [0.2, 0.25) is 0 Å². The van der Waals surface area contributed by atoms with E-state index in [4.69, 9.17) is 0 Å². The molecule has 0 spiro atoms. The van der Waals surface area contributed by atoms with E-state index in [0.29, 0.717) is 0 Å². The van der Waals surface area contributed by atoms with Gasteiger partial charge in [0.1, 0.15) is 5.82 Å². The Morgan fingerprint density at radius 2 is 1.90 bits per heavy atom. The lowest BCUT2D eigenvalue weighted by atomic mass is 9.79.